The molecular weight excluding hydrogens is 178 g/mol. The van der Waals surface area contributed by atoms with E-state index in [9.17, 15) is 4.79 Å². The molecule has 12 heavy (non-hydrogen) atoms. The number of halogens is 1. The van der Waals surface area contributed by atoms with Gasteiger partial charge < -0.3 is 10.1 Å². The second-order valence-corrected chi connectivity index (χ2v) is 2.88. The number of hydrogen-bond acceptors (Lipinski definition) is 3. The normalized spacial score (nSPS) is 23.6. The van der Waals surface area contributed by atoms with E-state index in [1.807, 2.05) is 0 Å². The number of hydrogen-bond donors (Lipinski definition) is 1. The van der Waals surface area contributed by atoms with Crippen molar-refractivity contribution >= 4 is 18.4 Å². The van der Waals surface area contributed by atoms with Crippen LogP contribution in [0.3, 0.4) is 0 Å². The van der Waals surface area contributed by atoms with E-state index >= 15 is 0 Å². The van der Waals surface area contributed by atoms with E-state index in [0.717, 1.165) is 19.4 Å². The maximum Gasteiger partial charge on any atom is 0.322 e. The molecule has 1 saturated heterocycles. The van der Waals surface area contributed by atoms with Gasteiger partial charge in [0.2, 0.25) is 0 Å². The Kier molecular flexibility index (Phi) is 6.11. The van der Waals surface area contributed by atoms with Crippen molar-refractivity contribution in [2.75, 3.05) is 13.7 Å². The first-order valence-corrected chi connectivity index (χ1v) is 4.16. The SMILES string of the molecule is COC(=O)[C@H]1CCCCCN1.Cl. The van der Waals surface area contributed by atoms with Crippen LogP contribution in [0.4, 0.5) is 0 Å². The molecule has 72 valence electrons. The van der Waals surface area contributed by atoms with Gasteiger partial charge in [-0.05, 0) is 19.4 Å². The minimum Gasteiger partial charge on any atom is -0.468 e. The Morgan fingerprint density at radius 2 is 2.17 bits per heavy atom. The molecule has 1 atom stereocenters. The minimum atomic E-state index is -0.119. The van der Waals surface area contributed by atoms with Gasteiger partial charge in [-0.15, -0.1) is 12.4 Å². The van der Waals surface area contributed by atoms with E-state index in [-0.39, 0.29) is 24.4 Å². The van der Waals surface area contributed by atoms with Crippen molar-refractivity contribution < 1.29 is 9.53 Å². The van der Waals surface area contributed by atoms with Gasteiger partial charge in [0.1, 0.15) is 6.04 Å². The average Bonchev–Trinajstić information content (AvgIpc) is 2.30. The van der Waals surface area contributed by atoms with Crippen molar-refractivity contribution in [2.45, 2.75) is 31.7 Å². The molecular formula is C8H16ClNO2. The quantitative estimate of drug-likeness (QED) is 0.635. The van der Waals surface area contributed by atoms with E-state index < -0.39 is 0 Å². The molecule has 1 aliphatic rings. The fraction of sp³-hybridized carbons (Fsp3) is 0.875. The van der Waals surface area contributed by atoms with Crippen LogP contribution >= 0.6 is 12.4 Å². The number of esters is 1. The first-order valence-electron chi connectivity index (χ1n) is 4.16. The minimum absolute atomic E-state index is 0. The number of rotatable bonds is 1. The highest BCUT2D eigenvalue weighted by Gasteiger charge is 2.19. The van der Waals surface area contributed by atoms with Crippen LogP contribution in [-0.4, -0.2) is 25.7 Å². The largest absolute Gasteiger partial charge is 0.468 e. The van der Waals surface area contributed by atoms with Gasteiger partial charge in [-0.2, -0.15) is 0 Å². The zero-order valence-corrected chi connectivity index (χ0v) is 8.15. The molecule has 1 aliphatic heterocycles. The van der Waals surface area contributed by atoms with E-state index in [2.05, 4.69) is 10.1 Å². The summed E-state index contributed by atoms with van der Waals surface area (Å²) in [6.07, 6.45) is 4.45. The Bertz CT molecular complexity index is 133. The molecule has 0 aliphatic carbocycles. The summed E-state index contributed by atoms with van der Waals surface area (Å²) in [6, 6.07) is -0.0532. The van der Waals surface area contributed by atoms with Crippen molar-refractivity contribution in [2.24, 2.45) is 0 Å². The number of ether oxygens (including phenoxy) is 1. The monoisotopic (exact) mass is 193 g/mol. The van der Waals surface area contributed by atoms with Crippen LogP contribution in [0.2, 0.25) is 0 Å². The third kappa shape index (κ3) is 3.41. The standard InChI is InChI=1S/C8H15NO2.ClH/c1-11-8(10)7-5-3-2-4-6-9-7;/h7,9H,2-6H2,1H3;1H/t7-;/m1./s1. The first kappa shape index (κ1) is 11.7. The van der Waals surface area contributed by atoms with Crippen LogP contribution in [0.5, 0.6) is 0 Å². The van der Waals surface area contributed by atoms with E-state index in [4.69, 9.17) is 0 Å². The maximum atomic E-state index is 11.0. The molecule has 4 heteroatoms. The fourth-order valence-corrected chi connectivity index (χ4v) is 1.37. The zero-order valence-electron chi connectivity index (χ0n) is 7.34. The molecule has 1 heterocycles. The fourth-order valence-electron chi connectivity index (χ4n) is 1.37. The lowest BCUT2D eigenvalue weighted by Crippen LogP contribution is -2.36. The van der Waals surface area contributed by atoms with Gasteiger partial charge in [0.25, 0.3) is 0 Å². The summed E-state index contributed by atoms with van der Waals surface area (Å²) < 4.78 is 4.64. The van der Waals surface area contributed by atoms with Gasteiger partial charge in [0.15, 0.2) is 0 Å². The van der Waals surface area contributed by atoms with E-state index in [0.29, 0.717) is 0 Å². The smallest absolute Gasteiger partial charge is 0.322 e. The molecule has 0 unspecified atom stereocenters. The van der Waals surface area contributed by atoms with Gasteiger partial charge in [0.05, 0.1) is 7.11 Å². The summed E-state index contributed by atoms with van der Waals surface area (Å²) in [5, 5.41) is 3.16. The van der Waals surface area contributed by atoms with Crippen LogP contribution in [0.1, 0.15) is 25.7 Å². The van der Waals surface area contributed by atoms with E-state index in [1.54, 1.807) is 0 Å². The number of methoxy groups -OCH3 is 1. The van der Waals surface area contributed by atoms with Crippen molar-refractivity contribution in [3.8, 4) is 0 Å². The maximum absolute atomic E-state index is 11.0. The Morgan fingerprint density at radius 3 is 2.83 bits per heavy atom. The molecule has 0 radical (unpaired) electrons. The summed E-state index contributed by atoms with van der Waals surface area (Å²) in [4.78, 5) is 11.0. The molecule has 0 amide bonds. The lowest BCUT2D eigenvalue weighted by atomic mass is 10.1. The van der Waals surface area contributed by atoms with Gasteiger partial charge in [-0.25, -0.2) is 0 Å². The van der Waals surface area contributed by atoms with Crippen LogP contribution in [0, 0.1) is 0 Å². The van der Waals surface area contributed by atoms with Crippen molar-refractivity contribution in [1.29, 1.82) is 0 Å². The molecule has 1 rings (SSSR count). The van der Waals surface area contributed by atoms with Gasteiger partial charge in [-0.3, -0.25) is 4.79 Å². The molecule has 0 aromatic carbocycles. The van der Waals surface area contributed by atoms with E-state index in [1.165, 1.54) is 20.0 Å². The summed E-state index contributed by atoms with van der Waals surface area (Å²) in [5.41, 5.74) is 0. The highest BCUT2D eigenvalue weighted by Crippen LogP contribution is 2.08. The van der Waals surface area contributed by atoms with Crippen molar-refractivity contribution in [1.82, 2.24) is 5.32 Å². The molecule has 3 nitrogen and oxygen atoms in total. The van der Waals surface area contributed by atoms with Gasteiger partial charge in [0, 0.05) is 0 Å². The Morgan fingerprint density at radius 1 is 1.42 bits per heavy atom. The Hall–Kier alpha value is -0.280. The van der Waals surface area contributed by atoms with Crippen molar-refractivity contribution in [3.05, 3.63) is 0 Å². The molecule has 0 saturated carbocycles. The lowest BCUT2D eigenvalue weighted by molar-refractivity contribution is -0.143. The van der Waals surface area contributed by atoms with Gasteiger partial charge in [-0.1, -0.05) is 12.8 Å². The molecule has 0 bridgehead atoms. The zero-order chi connectivity index (χ0) is 8.10. The van der Waals surface area contributed by atoms with Crippen LogP contribution in [0.15, 0.2) is 0 Å². The molecule has 1 N–H and O–H groups in total. The second-order valence-electron chi connectivity index (χ2n) is 2.88. The number of carbonyl (C=O) groups is 1. The Balaban J connectivity index is 0.00000121. The first-order chi connectivity index (χ1) is 5.34. The van der Waals surface area contributed by atoms with Crippen LogP contribution in [0.25, 0.3) is 0 Å². The third-order valence-corrected chi connectivity index (χ3v) is 2.05. The molecule has 1 fully saturated rings. The average molecular weight is 194 g/mol. The highest BCUT2D eigenvalue weighted by atomic mass is 35.5. The molecule has 0 aromatic heterocycles. The predicted molar refractivity (Wildman–Crippen MR) is 49.5 cm³/mol. The molecule has 0 aromatic rings. The second kappa shape index (κ2) is 6.26. The molecule has 0 spiro atoms. The van der Waals surface area contributed by atoms with Gasteiger partial charge >= 0.3 is 5.97 Å². The van der Waals surface area contributed by atoms with Crippen LogP contribution in [-0.2, 0) is 9.53 Å². The summed E-state index contributed by atoms with van der Waals surface area (Å²) in [7, 11) is 1.44. The number of carbonyl (C=O) groups excluding carboxylic acids is 1. The summed E-state index contributed by atoms with van der Waals surface area (Å²) in [5.74, 6) is -0.119. The third-order valence-electron chi connectivity index (χ3n) is 2.05. The Labute approximate surface area is 79.3 Å². The topological polar surface area (TPSA) is 38.3 Å². The van der Waals surface area contributed by atoms with Crippen LogP contribution < -0.4 is 5.32 Å². The predicted octanol–water partition coefficient (Wildman–Crippen LogP) is 1.11. The summed E-state index contributed by atoms with van der Waals surface area (Å²) >= 11 is 0. The number of nitrogens with one attached hydrogen (secondary N) is 1. The highest BCUT2D eigenvalue weighted by molar-refractivity contribution is 5.85. The summed E-state index contributed by atoms with van der Waals surface area (Å²) in [6.45, 7) is 0.944. The van der Waals surface area contributed by atoms with Crippen molar-refractivity contribution in [3.63, 3.8) is 0 Å². The lowest BCUT2D eigenvalue weighted by Gasteiger charge is -2.11.